The third kappa shape index (κ3) is 2.22. The Labute approximate surface area is 88.7 Å². The highest BCUT2D eigenvalue weighted by Gasteiger charge is 2.14. The van der Waals surface area contributed by atoms with E-state index in [9.17, 15) is 0 Å². The van der Waals surface area contributed by atoms with Crippen LogP contribution in [0.2, 0.25) is 0 Å². The molecule has 1 N–H and O–H groups in total. The molecule has 0 saturated carbocycles. The summed E-state index contributed by atoms with van der Waals surface area (Å²) in [5.74, 6) is 0.712. The molecule has 5 heteroatoms. The summed E-state index contributed by atoms with van der Waals surface area (Å²) in [6.07, 6.45) is 2.62. The lowest BCUT2D eigenvalue weighted by atomic mass is 10.2. The lowest BCUT2D eigenvalue weighted by Crippen LogP contribution is -2.29. The fraction of sp³-hybridized carbons (Fsp3) is 0.500. The van der Waals surface area contributed by atoms with E-state index < -0.39 is 0 Å². The zero-order valence-corrected chi connectivity index (χ0v) is 8.48. The Morgan fingerprint density at radius 1 is 1.40 bits per heavy atom. The lowest BCUT2D eigenvalue weighted by Gasteiger charge is -2.20. The van der Waals surface area contributed by atoms with Gasteiger partial charge in [0.05, 0.1) is 11.8 Å². The maximum Gasteiger partial charge on any atom is 0.169 e. The summed E-state index contributed by atoms with van der Waals surface area (Å²) in [6.45, 7) is 3.77. The molecule has 1 saturated heterocycles. The molecular formula is C10H13N5. The highest BCUT2D eigenvalue weighted by atomic mass is 15.3. The van der Waals surface area contributed by atoms with Crippen LogP contribution in [0.4, 0.5) is 5.82 Å². The number of hydrogen-bond donors (Lipinski definition) is 1. The number of rotatable bonds is 1. The molecule has 0 unspecified atom stereocenters. The first-order valence-electron chi connectivity index (χ1n) is 5.09. The topological polar surface area (TPSA) is 64.8 Å². The number of nitriles is 1. The van der Waals surface area contributed by atoms with Gasteiger partial charge in [0.15, 0.2) is 5.82 Å². The van der Waals surface area contributed by atoms with Crippen LogP contribution in [0, 0.1) is 11.3 Å². The van der Waals surface area contributed by atoms with Crippen LogP contribution in [-0.4, -0.2) is 36.4 Å². The molecule has 2 heterocycles. The fourth-order valence-corrected chi connectivity index (χ4v) is 1.70. The molecule has 0 amide bonds. The summed E-state index contributed by atoms with van der Waals surface area (Å²) in [7, 11) is 0. The van der Waals surface area contributed by atoms with Crippen molar-refractivity contribution in [2.45, 2.75) is 6.42 Å². The Morgan fingerprint density at radius 2 is 2.33 bits per heavy atom. The molecule has 0 aromatic carbocycles. The zero-order chi connectivity index (χ0) is 10.5. The van der Waals surface area contributed by atoms with Crippen LogP contribution in [0.15, 0.2) is 12.3 Å². The predicted octanol–water partition coefficient (Wildman–Crippen LogP) is 0.148. The van der Waals surface area contributed by atoms with E-state index in [4.69, 9.17) is 5.26 Å². The first-order valence-corrected chi connectivity index (χ1v) is 5.09. The molecule has 2 rings (SSSR count). The summed E-state index contributed by atoms with van der Waals surface area (Å²) in [4.78, 5) is 2.12. The van der Waals surface area contributed by atoms with Gasteiger partial charge in [0, 0.05) is 19.6 Å². The van der Waals surface area contributed by atoms with E-state index in [1.54, 1.807) is 12.3 Å². The van der Waals surface area contributed by atoms with E-state index >= 15 is 0 Å². The average Bonchev–Trinajstić information content (AvgIpc) is 2.57. The second-order valence-corrected chi connectivity index (χ2v) is 3.47. The molecule has 0 atom stereocenters. The van der Waals surface area contributed by atoms with Crippen molar-refractivity contribution in [1.82, 2.24) is 15.5 Å². The number of nitrogens with one attached hydrogen (secondary N) is 1. The molecule has 1 fully saturated rings. The summed E-state index contributed by atoms with van der Waals surface area (Å²) < 4.78 is 0. The second-order valence-electron chi connectivity index (χ2n) is 3.47. The third-order valence-corrected chi connectivity index (χ3v) is 2.46. The summed E-state index contributed by atoms with van der Waals surface area (Å²) in [5, 5.41) is 20.1. The van der Waals surface area contributed by atoms with Crippen molar-refractivity contribution >= 4 is 5.82 Å². The normalized spacial score (nSPS) is 16.9. The Bertz CT molecular complexity index is 362. The molecular weight excluding hydrogens is 190 g/mol. The van der Waals surface area contributed by atoms with E-state index in [0.717, 1.165) is 32.6 Å². The van der Waals surface area contributed by atoms with Crippen molar-refractivity contribution in [3.8, 4) is 6.07 Å². The largest absolute Gasteiger partial charge is 0.353 e. The minimum Gasteiger partial charge on any atom is -0.353 e. The smallest absolute Gasteiger partial charge is 0.169 e. The van der Waals surface area contributed by atoms with Gasteiger partial charge in [0.2, 0.25) is 0 Å². The van der Waals surface area contributed by atoms with Gasteiger partial charge in [-0.2, -0.15) is 10.4 Å². The van der Waals surface area contributed by atoms with Gasteiger partial charge in [-0.25, -0.2) is 0 Å². The van der Waals surface area contributed by atoms with Gasteiger partial charge < -0.3 is 10.2 Å². The molecule has 1 aromatic heterocycles. The van der Waals surface area contributed by atoms with E-state index in [-0.39, 0.29) is 0 Å². The van der Waals surface area contributed by atoms with E-state index in [2.05, 4.69) is 26.5 Å². The molecule has 15 heavy (non-hydrogen) atoms. The van der Waals surface area contributed by atoms with Crippen molar-refractivity contribution in [3.63, 3.8) is 0 Å². The lowest BCUT2D eigenvalue weighted by molar-refractivity contribution is 0.724. The standard InChI is InChI=1S/C10H13N5/c11-8-9-2-4-13-14-10(9)15-6-1-3-12-5-7-15/h2,4,12H,1,3,5-7H2. The van der Waals surface area contributed by atoms with E-state index in [1.165, 1.54) is 0 Å². The molecule has 1 aliphatic heterocycles. The molecule has 78 valence electrons. The van der Waals surface area contributed by atoms with Gasteiger partial charge in [0.1, 0.15) is 6.07 Å². The van der Waals surface area contributed by atoms with Crippen LogP contribution in [0.1, 0.15) is 12.0 Å². The highest BCUT2D eigenvalue weighted by molar-refractivity contribution is 5.52. The predicted molar refractivity (Wildman–Crippen MR) is 56.4 cm³/mol. The zero-order valence-electron chi connectivity index (χ0n) is 8.48. The quantitative estimate of drug-likeness (QED) is 0.703. The van der Waals surface area contributed by atoms with Crippen molar-refractivity contribution in [3.05, 3.63) is 17.8 Å². The second kappa shape index (κ2) is 4.71. The molecule has 0 radical (unpaired) electrons. The highest BCUT2D eigenvalue weighted by Crippen LogP contribution is 2.15. The maximum absolute atomic E-state index is 8.96. The molecule has 1 aromatic rings. The van der Waals surface area contributed by atoms with Gasteiger partial charge in [-0.3, -0.25) is 0 Å². The van der Waals surface area contributed by atoms with Crippen LogP contribution >= 0.6 is 0 Å². The van der Waals surface area contributed by atoms with Crippen LogP contribution in [-0.2, 0) is 0 Å². The molecule has 0 aliphatic carbocycles. The Hall–Kier alpha value is -1.67. The van der Waals surface area contributed by atoms with Gasteiger partial charge in [-0.15, -0.1) is 5.10 Å². The van der Waals surface area contributed by atoms with Crippen LogP contribution in [0.3, 0.4) is 0 Å². The number of anilines is 1. The minimum absolute atomic E-state index is 0.604. The fourth-order valence-electron chi connectivity index (χ4n) is 1.70. The number of nitrogens with zero attached hydrogens (tertiary/aromatic N) is 4. The van der Waals surface area contributed by atoms with E-state index in [0.29, 0.717) is 11.4 Å². The van der Waals surface area contributed by atoms with Gasteiger partial charge in [-0.05, 0) is 19.0 Å². The minimum atomic E-state index is 0.604. The van der Waals surface area contributed by atoms with E-state index in [1.807, 2.05) is 0 Å². The third-order valence-electron chi connectivity index (χ3n) is 2.46. The Kier molecular flexibility index (Phi) is 3.10. The van der Waals surface area contributed by atoms with Crippen molar-refractivity contribution in [1.29, 1.82) is 5.26 Å². The van der Waals surface area contributed by atoms with Gasteiger partial charge >= 0.3 is 0 Å². The Morgan fingerprint density at radius 3 is 3.20 bits per heavy atom. The average molecular weight is 203 g/mol. The SMILES string of the molecule is N#Cc1ccnnc1N1CCCNCC1. The summed E-state index contributed by atoms with van der Waals surface area (Å²) in [5.41, 5.74) is 0.604. The van der Waals surface area contributed by atoms with Gasteiger partial charge in [0.25, 0.3) is 0 Å². The summed E-state index contributed by atoms with van der Waals surface area (Å²) >= 11 is 0. The number of aromatic nitrogens is 2. The van der Waals surface area contributed by atoms with Crippen LogP contribution < -0.4 is 10.2 Å². The Balaban J connectivity index is 2.23. The van der Waals surface area contributed by atoms with Crippen molar-refractivity contribution < 1.29 is 0 Å². The number of hydrogen-bond acceptors (Lipinski definition) is 5. The summed E-state index contributed by atoms with van der Waals surface area (Å²) in [6, 6.07) is 3.86. The van der Waals surface area contributed by atoms with Gasteiger partial charge in [-0.1, -0.05) is 0 Å². The molecule has 5 nitrogen and oxygen atoms in total. The monoisotopic (exact) mass is 203 g/mol. The first kappa shape index (κ1) is 9.87. The maximum atomic E-state index is 8.96. The van der Waals surface area contributed by atoms with Crippen molar-refractivity contribution in [2.75, 3.05) is 31.1 Å². The van der Waals surface area contributed by atoms with Crippen molar-refractivity contribution in [2.24, 2.45) is 0 Å². The molecule has 1 aliphatic rings. The van der Waals surface area contributed by atoms with Crippen LogP contribution in [0.5, 0.6) is 0 Å². The molecule has 0 bridgehead atoms. The van der Waals surface area contributed by atoms with Crippen LogP contribution in [0.25, 0.3) is 0 Å². The molecule has 0 spiro atoms. The first-order chi connectivity index (χ1) is 7.42.